The molecule has 0 spiro atoms. The lowest BCUT2D eigenvalue weighted by atomic mass is 10.1. The van der Waals surface area contributed by atoms with Crippen LogP contribution in [0.15, 0.2) is 17.1 Å². The number of nitrogens with zero attached hydrogens (tertiary/aromatic N) is 2. The molecule has 2 heterocycles. The van der Waals surface area contributed by atoms with E-state index < -0.39 is 48.1 Å². The van der Waals surface area contributed by atoms with Gasteiger partial charge in [0.2, 0.25) is 0 Å². The highest BCUT2D eigenvalue weighted by atomic mass is 31.3. The fraction of sp³-hybridized carbons (Fsp3) is 0.600. The van der Waals surface area contributed by atoms with Crippen LogP contribution in [0.3, 0.4) is 0 Å². The molecule has 15 nitrogen and oxygen atoms in total. The highest BCUT2D eigenvalue weighted by Crippen LogP contribution is 2.66. The van der Waals surface area contributed by atoms with Crippen molar-refractivity contribution in [3.05, 3.63) is 22.7 Å². The third-order valence-electron chi connectivity index (χ3n) is 3.42. The van der Waals surface area contributed by atoms with Gasteiger partial charge in [0.05, 0.1) is 12.7 Å². The molecule has 5 atom stereocenters. The summed E-state index contributed by atoms with van der Waals surface area (Å²) in [6.07, 6.45) is 0.0674. The van der Waals surface area contributed by atoms with Gasteiger partial charge in [-0.2, -0.15) is 13.6 Å². The Kier molecular flexibility index (Phi) is 7.02. The van der Waals surface area contributed by atoms with Crippen LogP contribution in [0.5, 0.6) is 0 Å². The number of rotatable bonds is 8. The van der Waals surface area contributed by atoms with Gasteiger partial charge < -0.3 is 30.0 Å². The second-order valence-corrected chi connectivity index (χ2v) is 10.2. The Morgan fingerprint density at radius 3 is 2.46 bits per heavy atom. The van der Waals surface area contributed by atoms with Crippen molar-refractivity contribution in [2.75, 3.05) is 12.3 Å². The molecular weight excluding hydrogens is 447 g/mol. The first kappa shape index (κ1) is 23.3. The van der Waals surface area contributed by atoms with E-state index in [0.29, 0.717) is 0 Å². The fourth-order valence-electron chi connectivity index (χ4n) is 2.47. The summed E-state index contributed by atoms with van der Waals surface area (Å²) in [7, 11) is -16.3. The summed E-state index contributed by atoms with van der Waals surface area (Å²) >= 11 is 0. The van der Waals surface area contributed by atoms with E-state index in [0.717, 1.165) is 0 Å². The van der Waals surface area contributed by atoms with E-state index in [-0.39, 0.29) is 18.2 Å². The summed E-state index contributed by atoms with van der Waals surface area (Å²) in [5.74, 6) is -0.214. The molecule has 160 valence electrons. The minimum Gasteiger partial charge on any atom is -0.383 e. The molecule has 2 rings (SSSR count). The smallest absolute Gasteiger partial charge is 0.383 e. The summed E-state index contributed by atoms with van der Waals surface area (Å²) in [5, 5.41) is 0. The van der Waals surface area contributed by atoms with Crippen molar-refractivity contribution in [1.82, 2.24) is 9.55 Å². The number of phosphoric ester groups is 1. The Labute approximate surface area is 157 Å². The lowest BCUT2D eigenvalue weighted by molar-refractivity contribution is -0.0331. The maximum absolute atomic E-state index is 11.9. The number of hydrogen-bond donors (Lipinski definition) is 5. The van der Waals surface area contributed by atoms with Gasteiger partial charge >= 0.3 is 29.2 Å². The number of anilines is 1. The molecule has 1 aromatic heterocycles. The van der Waals surface area contributed by atoms with E-state index >= 15 is 0 Å². The molecule has 28 heavy (non-hydrogen) atoms. The maximum atomic E-state index is 11.9. The first-order chi connectivity index (χ1) is 12.7. The molecule has 1 aliphatic heterocycles. The van der Waals surface area contributed by atoms with Crippen LogP contribution in [-0.4, -0.2) is 41.8 Å². The number of ether oxygens (including phenoxy) is 1. The first-order valence-electron chi connectivity index (χ1n) is 7.46. The van der Waals surface area contributed by atoms with Crippen LogP contribution in [0.1, 0.15) is 19.6 Å². The van der Waals surface area contributed by atoms with Crippen LogP contribution < -0.4 is 11.4 Å². The zero-order valence-electron chi connectivity index (χ0n) is 14.2. The van der Waals surface area contributed by atoms with E-state index in [1.54, 1.807) is 6.92 Å². The van der Waals surface area contributed by atoms with Gasteiger partial charge in [-0.15, -0.1) is 0 Å². The fourth-order valence-corrected chi connectivity index (χ4v) is 5.51. The lowest BCUT2D eigenvalue weighted by Crippen LogP contribution is -2.29. The molecule has 6 N–H and O–H groups in total. The van der Waals surface area contributed by atoms with E-state index in [1.165, 1.54) is 16.8 Å². The van der Waals surface area contributed by atoms with Gasteiger partial charge in [-0.3, -0.25) is 9.09 Å². The predicted molar refractivity (Wildman–Crippen MR) is 90.4 cm³/mol. The van der Waals surface area contributed by atoms with Gasteiger partial charge in [-0.25, -0.2) is 18.5 Å². The lowest BCUT2D eigenvalue weighted by Gasteiger charge is -2.19. The van der Waals surface area contributed by atoms with Crippen LogP contribution in [0.4, 0.5) is 5.82 Å². The molecule has 1 fully saturated rings. The zero-order chi connectivity index (χ0) is 21.3. The molecule has 0 aliphatic carbocycles. The van der Waals surface area contributed by atoms with Crippen molar-refractivity contribution in [3.63, 3.8) is 0 Å². The average Bonchev–Trinajstić information content (AvgIpc) is 2.82. The third kappa shape index (κ3) is 6.83. The largest absolute Gasteiger partial charge is 0.490 e. The van der Waals surface area contributed by atoms with Crippen LogP contribution in [0.25, 0.3) is 0 Å². The molecule has 0 aromatic carbocycles. The molecule has 0 saturated carbocycles. The molecule has 1 aliphatic rings. The summed E-state index contributed by atoms with van der Waals surface area (Å²) in [6.45, 7) is 1.14. The number of hydrogen-bond acceptors (Lipinski definition) is 10. The van der Waals surface area contributed by atoms with Crippen molar-refractivity contribution < 1.29 is 51.2 Å². The van der Waals surface area contributed by atoms with Crippen molar-refractivity contribution in [1.29, 1.82) is 0 Å². The quantitative estimate of drug-likeness (QED) is 0.321. The molecule has 2 unspecified atom stereocenters. The summed E-state index contributed by atoms with van der Waals surface area (Å²) in [6, 6.07) is 1.39. The van der Waals surface area contributed by atoms with Crippen molar-refractivity contribution >= 4 is 29.3 Å². The van der Waals surface area contributed by atoms with E-state index in [2.05, 4.69) is 18.1 Å². The molecule has 0 radical (unpaired) electrons. The first-order valence-corrected chi connectivity index (χ1v) is 12.0. The van der Waals surface area contributed by atoms with Gasteiger partial charge in [0.1, 0.15) is 12.0 Å². The molecule has 0 amide bonds. The molecule has 1 saturated heterocycles. The average molecular weight is 465 g/mol. The number of nitrogens with two attached hydrogens (primary N) is 1. The number of aromatic nitrogens is 2. The Morgan fingerprint density at radius 1 is 1.25 bits per heavy atom. The minimum atomic E-state index is -5.59. The van der Waals surface area contributed by atoms with Gasteiger partial charge in [0.15, 0.2) is 0 Å². The summed E-state index contributed by atoms with van der Waals surface area (Å²) in [5.41, 5.74) is 4.75. The number of phosphoric acid groups is 3. The Bertz CT molecular complexity index is 914. The summed E-state index contributed by atoms with van der Waals surface area (Å²) < 4.78 is 52.0. The van der Waals surface area contributed by atoms with E-state index in [4.69, 9.17) is 25.2 Å². The van der Waals surface area contributed by atoms with Crippen LogP contribution in [-0.2, 0) is 31.6 Å². The highest BCUT2D eigenvalue weighted by Gasteiger charge is 2.42. The standard InChI is InChI=1S/C10H18N3O12P3/c1-6-4-7(23-9(6)13-3-2-8(11)12-10(13)14)5-22-27(18,19)25-28(20,21)24-26(15,16)17/h2-3,6-7,9H,4-5H2,1H3,(H,18,19)(H,20,21)(H2,11,12,14)(H2,15,16,17)/t6-,7-,9+/m0/s1. The monoisotopic (exact) mass is 465 g/mol. The van der Waals surface area contributed by atoms with Crippen molar-refractivity contribution in [2.24, 2.45) is 5.92 Å². The van der Waals surface area contributed by atoms with Crippen LogP contribution in [0.2, 0.25) is 0 Å². The Balaban J connectivity index is 1.97. The van der Waals surface area contributed by atoms with Gasteiger partial charge in [0.25, 0.3) is 0 Å². The van der Waals surface area contributed by atoms with Crippen LogP contribution in [0, 0.1) is 5.92 Å². The highest BCUT2D eigenvalue weighted by molar-refractivity contribution is 7.66. The minimum absolute atomic E-state index is 0.0242. The third-order valence-corrected chi connectivity index (χ3v) is 7.22. The maximum Gasteiger partial charge on any atom is 0.490 e. The van der Waals surface area contributed by atoms with Gasteiger partial charge in [0, 0.05) is 12.1 Å². The van der Waals surface area contributed by atoms with Gasteiger partial charge in [-0.05, 0) is 12.5 Å². The zero-order valence-corrected chi connectivity index (χ0v) is 16.9. The Hall–Kier alpha value is -0.950. The molecule has 1 aromatic rings. The predicted octanol–water partition coefficient (Wildman–Crippen LogP) is 0.0924. The van der Waals surface area contributed by atoms with Crippen LogP contribution >= 0.6 is 23.5 Å². The second-order valence-electron chi connectivity index (χ2n) is 5.79. The molecule has 0 bridgehead atoms. The van der Waals surface area contributed by atoms with Crippen molar-refractivity contribution in [3.8, 4) is 0 Å². The normalized spacial score (nSPS) is 27.2. The van der Waals surface area contributed by atoms with Gasteiger partial charge in [-0.1, -0.05) is 6.92 Å². The SMILES string of the molecule is C[C@H]1C[C@@H](COP(=O)(O)OP(=O)(O)OP(=O)(O)O)O[C@H]1n1ccc(N)nc1=O. The molecular formula is C10H18N3O12P3. The topological polar surface area (TPSA) is 230 Å². The van der Waals surface area contributed by atoms with E-state index in [9.17, 15) is 23.4 Å². The summed E-state index contributed by atoms with van der Waals surface area (Å²) in [4.78, 5) is 50.9. The van der Waals surface area contributed by atoms with E-state index in [1.807, 2.05) is 0 Å². The Morgan fingerprint density at radius 2 is 1.89 bits per heavy atom. The molecule has 18 heteroatoms. The second kappa shape index (κ2) is 8.42. The van der Waals surface area contributed by atoms with Crippen molar-refractivity contribution in [2.45, 2.75) is 25.7 Å². The number of nitrogen functional groups attached to an aromatic ring is 1.